The summed E-state index contributed by atoms with van der Waals surface area (Å²) >= 11 is 0. The molecule has 1 aromatic rings. The van der Waals surface area contributed by atoms with Crippen LogP contribution in [0.5, 0.6) is 17.2 Å². The topological polar surface area (TPSA) is 49.5 Å². The molecule has 0 radical (unpaired) electrons. The van der Waals surface area contributed by atoms with Crippen LogP contribution in [0.1, 0.15) is 5.56 Å². The van der Waals surface area contributed by atoms with Crippen LogP contribution in [0.25, 0.3) is 0 Å². The Labute approximate surface area is 107 Å². The van der Waals surface area contributed by atoms with Crippen molar-refractivity contribution in [3.63, 3.8) is 0 Å². The molecule has 2 rings (SSSR count). The van der Waals surface area contributed by atoms with Crippen LogP contribution in [0.15, 0.2) is 12.1 Å². The highest BCUT2D eigenvalue weighted by molar-refractivity contribution is 5.53. The van der Waals surface area contributed by atoms with Gasteiger partial charge in [0.15, 0.2) is 11.5 Å². The molecular formula is C13H18O5. The van der Waals surface area contributed by atoms with Crippen molar-refractivity contribution in [3.05, 3.63) is 17.7 Å². The van der Waals surface area contributed by atoms with E-state index >= 15 is 0 Å². The van der Waals surface area contributed by atoms with Gasteiger partial charge in [0.25, 0.3) is 0 Å². The summed E-state index contributed by atoms with van der Waals surface area (Å²) in [6.45, 7) is 1.92. The molecule has 0 bridgehead atoms. The first-order valence-corrected chi connectivity index (χ1v) is 5.76. The standard InChI is InChI=1S/C13H18O5/c1-14-11-4-9(6-17-7-10-8-18-10)5-12(15-2)13(11)16-3/h4-5,10H,6-8H2,1-3H3/t10-/m0/s1. The minimum Gasteiger partial charge on any atom is -0.493 e. The minimum absolute atomic E-state index is 0.270. The van der Waals surface area contributed by atoms with E-state index in [9.17, 15) is 0 Å². The van der Waals surface area contributed by atoms with Gasteiger partial charge in [0, 0.05) is 0 Å². The highest BCUT2D eigenvalue weighted by Gasteiger charge is 2.22. The van der Waals surface area contributed by atoms with Crippen molar-refractivity contribution >= 4 is 0 Å². The Morgan fingerprint density at radius 3 is 2.17 bits per heavy atom. The third kappa shape index (κ3) is 3.05. The van der Waals surface area contributed by atoms with Gasteiger partial charge in [-0.2, -0.15) is 0 Å². The average Bonchev–Trinajstić information content (AvgIpc) is 3.21. The van der Waals surface area contributed by atoms with Gasteiger partial charge in [-0.25, -0.2) is 0 Å². The number of epoxide rings is 1. The second-order valence-corrected chi connectivity index (χ2v) is 4.00. The largest absolute Gasteiger partial charge is 0.493 e. The molecule has 1 atom stereocenters. The molecule has 0 unspecified atom stereocenters. The van der Waals surface area contributed by atoms with E-state index in [4.69, 9.17) is 23.7 Å². The third-order valence-corrected chi connectivity index (χ3v) is 2.70. The number of methoxy groups -OCH3 is 3. The summed E-state index contributed by atoms with van der Waals surface area (Å²) < 4.78 is 26.4. The van der Waals surface area contributed by atoms with Crippen LogP contribution in [0, 0.1) is 0 Å². The Balaban J connectivity index is 2.08. The zero-order chi connectivity index (χ0) is 13.0. The van der Waals surface area contributed by atoms with Crippen LogP contribution in [0.4, 0.5) is 0 Å². The second-order valence-electron chi connectivity index (χ2n) is 4.00. The first kappa shape index (κ1) is 13.0. The Bertz CT molecular complexity index is 375. The Morgan fingerprint density at radius 1 is 1.11 bits per heavy atom. The number of ether oxygens (including phenoxy) is 5. The van der Waals surface area contributed by atoms with Crippen molar-refractivity contribution < 1.29 is 23.7 Å². The lowest BCUT2D eigenvalue weighted by atomic mass is 10.2. The maximum absolute atomic E-state index is 5.54. The van der Waals surface area contributed by atoms with Gasteiger partial charge in [0.05, 0.1) is 41.2 Å². The van der Waals surface area contributed by atoms with Gasteiger partial charge >= 0.3 is 0 Å². The molecule has 1 aliphatic heterocycles. The van der Waals surface area contributed by atoms with Gasteiger partial charge in [-0.15, -0.1) is 0 Å². The van der Waals surface area contributed by atoms with E-state index in [-0.39, 0.29) is 6.10 Å². The van der Waals surface area contributed by atoms with Crippen molar-refractivity contribution in [1.29, 1.82) is 0 Å². The molecule has 1 aliphatic rings. The quantitative estimate of drug-likeness (QED) is 0.692. The van der Waals surface area contributed by atoms with Crippen molar-refractivity contribution in [2.24, 2.45) is 0 Å². The van der Waals surface area contributed by atoms with Crippen molar-refractivity contribution in [2.75, 3.05) is 34.5 Å². The molecule has 1 heterocycles. The number of hydrogen-bond acceptors (Lipinski definition) is 5. The fourth-order valence-electron chi connectivity index (χ4n) is 1.69. The predicted molar refractivity (Wildman–Crippen MR) is 65.5 cm³/mol. The summed E-state index contributed by atoms with van der Waals surface area (Å²) in [6.07, 6.45) is 0.270. The molecule has 0 saturated carbocycles. The molecule has 5 heteroatoms. The smallest absolute Gasteiger partial charge is 0.203 e. The molecule has 100 valence electrons. The van der Waals surface area contributed by atoms with E-state index < -0.39 is 0 Å². The maximum Gasteiger partial charge on any atom is 0.203 e. The molecule has 18 heavy (non-hydrogen) atoms. The van der Waals surface area contributed by atoms with Crippen LogP contribution in [0.2, 0.25) is 0 Å². The molecule has 5 nitrogen and oxygen atoms in total. The number of hydrogen-bond donors (Lipinski definition) is 0. The summed E-state index contributed by atoms with van der Waals surface area (Å²) in [4.78, 5) is 0. The molecule has 0 aliphatic carbocycles. The second kappa shape index (κ2) is 5.93. The SMILES string of the molecule is COc1cc(COC[C@H]2CO2)cc(OC)c1OC. The molecule has 0 amide bonds. The molecule has 0 N–H and O–H groups in total. The van der Waals surface area contributed by atoms with E-state index in [0.29, 0.717) is 30.5 Å². The summed E-state index contributed by atoms with van der Waals surface area (Å²) in [7, 11) is 4.78. The molecule has 0 spiro atoms. The van der Waals surface area contributed by atoms with E-state index in [1.807, 2.05) is 12.1 Å². The third-order valence-electron chi connectivity index (χ3n) is 2.70. The molecule has 0 aromatic heterocycles. The number of rotatable bonds is 7. The molecular weight excluding hydrogens is 236 g/mol. The maximum atomic E-state index is 5.54. The van der Waals surface area contributed by atoms with Crippen LogP contribution in [-0.4, -0.2) is 40.6 Å². The van der Waals surface area contributed by atoms with Gasteiger partial charge in [-0.1, -0.05) is 0 Å². The predicted octanol–water partition coefficient (Wildman–Crippen LogP) is 1.63. The summed E-state index contributed by atoms with van der Waals surface area (Å²) in [5, 5.41) is 0. The first-order valence-electron chi connectivity index (χ1n) is 5.76. The average molecular weight is 254 g/mol. The number of benzene rings is 1. The summed E-state index contributed by atoms with van der Waals surface area (Å²) in [5.41, 5.74) is 0.977. The first-order chi connectivity index (χ1) is 8.78. The highest BCUT2D eigenvalue weighted by Crippen LogP contribution is 2.38. The van der Waals surface area contributed by atoms with Crippen molar-refractivity contribution in [3.8, 4) is 17.2 Å². The van der Waals surface area contributed by atoms with E-state index in [1.165, 1.54) is 0 Å². The molecule has 1 saturated heterocycles. The van der Waals surface area contributed by atoms with Gasteiger partial charge in [0.2, 0.25) is 5.75 Å². The van der Waals surface area contributed by atoms with E-state index in [1.54, 1.807) is 21.3 Å². The Morgan fingerprint density at radius 2 is 1.72 bits per heavy atom. The van der Waals surface area contributed by atoms with Crippen LogP contribution >= 0.6 is 0 Å². The van der Waals surface area contributed by atoms with Gasteiger partial charge < -0.3 is 23.7 Å². The lowest BCUT2D eigenvalue weighted by Gasteiger charge is -2.14. The van der Waals surface area contributed by atoms with Gasteiger partial charge in [-0.3, -0.25) is 0 Å². The van der Waals surface area contributed by atoms with Crippen molar-refractivity contribution in [1.82, 2.24) is 0 Å². The normalized spacial score (nSPS) is 17.4. The lowest BCUT2D eigenvalue weighted by molar-refractivity contribution is 0.104. The summed E-state index contributed by atoms with van der Waals surface area (Å²) in [5.74, 6) is 1.87. The Hall–Kier alpha value is -1.46. The van der Waals surface area contributed by atoms with E-state index in [0.717, 1.165) is 12.2 Å². The molecule has 1 aromatic carbocycles. The lowest BCUT2D eigenvalue weighted by Crippen LogP contribution is -2.02. The van der Waals surface area contributed by atoms with Gasteiger partial charge in [-0.05, 0) is 17.7 Å². The molecule has 1 fully saturated rings. The van der Waals surface area contributed by atoms with Crippen LogP contribution in [0.3, 0.4) is 0 Å². The fraction of sp³-hybridized carbons (Fsp3) is 0.538. The summed E-state index contributed by atoms with van der Waals surface area (Å²) in [6, 6.07) is 3.77. The highest BCUT2D eigenvalue weighted by atomic mass is 16.6. The monoisotopic (exact) mass is 254 g/mol. The van der Waals surface area contributed by atoms with Crippen LogP contribution in [-0.2, 0) is 16.1 Å². The van der Waals surface area contributed by atoms with Gasteiger partial charge in [0.1, 0.15) is 6.10 Å². The zero-order valence-electron chi connectivity index (χ0n) is 10.9. The van der Waals surface area contributed by atoms with Crippen molar-refractivity contribution in [2.45, 2.75) is 12.7 Å². The van der Waals surface area contributed by atoms with E-state index in [2.05, 4.69) is 0 Å². The Kier molecular flexibility index (Phi) is 4.28. The minimum atomic E-state index is 0.270. The van der Waals surface area contributed by atoms with Crippen LogP contribution < -0.4 is 14.2 Å². The zero-order valence-corrected chi connectivity index (χ0v) is 10.9. The fourth-order valence-corrected chi connectivity index (χ4v) is 1.69.